The summed E-state index contributed by atoms with van der Waals surface area (Å²) in [6.07, 6.45) is 1.60. The molecular formula is C19H17ClN2O4S2. The van der Waals surface area contributed by atoms with Crippen molar-refractivity contribution in [2.45, 2.75) is 10.6 Å². The number of aromatic nitrogens is 1. The Kier molecular flexibility index (Phi) is 5.18. The first-order valence-electron chi connectivity index (χ1n) is 8.47. The lowest BCUT2D eigenvalue weighted by atomic mass is 10.2. The van der Waals surface area contributed by atoms with Crippen LogP contribution in [0.15, 0.2) is 52.9 Å². The number of nitrogens with zero attached hydrogens (tertiary/aromatic N) is 2. The number of fused-ring (bicyclic) bond motifs is 1. The molecule has 6 nitrogen and oxygen atoms in total. The molecule has 4 rings (SSSR count). The Morgan fingerprint density at radius 1 is 1.25 bits per heavy atom. The fraction of sp³-hybridized carbons (Fsp3) is 0.211. The van der Waals surface area contributed by atoms with Crippen LogP contribution in [0.3, 0.4) is 0 Å². The van der Waals surface area contributed by atoms with Crippen molar-refractivity contribution in [1.82, 2.24) is 4.98 Å². The predicted octanol–water partition coefficient (Wildman–Crippen LogP) is 4.31. The number of rotatable bonds is 5. The van der Waals surface area contributed by atoms with Gasteiger partial charge in [0.2, 0.25) is 0 Å². The number of ether oxygens (including phenoxy) is 2. The van der Waals surface area contributed by atoms with Gasteiger partial charge < -0.3 is 14.4 Å². The number of hydrogen-bond acceptors (Lipinski definition) is 7. The van der Waals surface area contributed by atoms with E-state index in [4.69, 9.17) is 21.1 Å². The van der Waals surface area contributed by atoms with E-state index in [2.05, 4.69) is 4.98 Å². The summed E-state index contributed by atoms with van der Waals surface area (Å²) in [5.41, 5.74) is 1.62. The van der Waals surface area contributed by atoms with E-state index in [-0.39, 0.29) is 10.6 Å². The van der Waals surface area contributed by atoms with Gasteiger partial charge in [0.1, 0.15) is 28.9 Å². The lowest BCUT2D eigenvalue weighted by Crippen LogP contribution is -2.29. The quantitative estimate of drug-likeness (QED) is 0.593. The minimum Gasteiger partial charge on any atom is -0.495 e. The van der Waals surface area contributed by atoms with Gasteiger partial charge in [-0.3, -0.25) is 0 Å². The van der Waals surface area contributed by atoms with Gasteiger partial charge in [0, 0.05) is 28.7 Å². The van der Waals surface area contributed by atoms with Crippen molar-refractivity contribution in [2.75, 3.05) is 25.2 Å². The third kappa shape index (κ3) is 3.67. The Hall–Kier alpha value is -2.29. The Labute approximate surface area is 172 Å². The topological polar surface area (TPSA) is 68.7 Å². The van der Waals surface area contributed by atoms with Gasteiger partial charge in [-0.15, -0.1) is 11.3 Å². The number of hydrogen-bond donors (Lipinski definition) is 0. The van der Waals surface area contributed by atoms with Gasteiger partial charge in [0.05, 0.1) is 29.9 Å². The Balaban J connectivity index is 1.70. The van der Waals surface area contributed by atoms with Crippen molar-refractivity contribution in [2.24, 2.45) is 0 Å². The maximum Gasteiger partial charge on any atom is 0.185 e. The van der Waals surface area contributed by atoms with Gasteiger partial charge in [-0.05, 0) is 24.3 Å². The molecular weight excluding hydrogens is 420 g/mol. The van der Waals surface area contributed by atoms with Crippen molar-refractivity contribution >= 4 is 44.1 Å². The molecule has 0 atom stereocenters. The van der Waals surface area contributed by atoms with Crippen LogP contribution < -0.4 is 14.4 Å². The minimum atomic E-state index is -3.51. The van der Waals surface area contributed by atoms with Crippen molar-refractivity contribution in [1.29, 1.82) is 0 Å². The van der Waals surface area contributed by atoms with Gasteiger partial charge in [-0.25, -0.2) is 13.4 Å². The van der Waals surface area contributed by atoms with Crippen LogP contribution in [0.25, 0.3) is 0 Å². The van der Waals surface area contributed by atoms with E-state index in [0.29, 0.717) is 34.7 Å². The average molecular weight is 437 g/mol. The highest BCUT2D eigenvalue weighted by Crippen LogP contribution is 2.42. The number of thiazole rings is 1. The molecule has 0 fully saturated rings. The second kappa shape index (κ2) is 7.62. The second-order valence-electron chi connectivity index (χ2n) is 6.13. The van der Waals surface area contributed by atoms with Gasteiger partial charge in [0.15, 0.2) is 9.84 Å². The summed E-state index contributed by atoms with van der Waals surface area (Å²) in [6.45, 7) is 1.03. The summed E-state index contributed by atoms with van der Waals surface area (Å²) in [4.78, 5) is 6.31. The molecule has 0 radical (unpaired) electrons. The highest BCUT2D eigenvalue weighted by molar-refractivity contribution is 7.90. The molecule has 2 heterocycles. The maximum atomic E-state index is 12.7. The third-order valence-electron chi connectivity index (χ3n) is 4.38. The zero-order valence-electron chi connectivity index (χ0n) is 15.0. The standard InChI is InChI=1S/C19H17ClN2O4S2/c1-25-17-10-13(20)2-4-15(17)22-7-8-26-18-11-14(3-5-16(18)22)28(23,24)12-19-21-6-9-27-19/h2-6,9-11H,7-8,12H2,1H3. The number of halogens is 1. The molecule has 146 valence electrons. The van der Waals surface area contributed by atoms with Crippen molar-refractivity contribution in [3.05, 3.63) is 58.0 Å². The molecule has 1 aliphatic rings. The fourth-order valence-electron chi connectivity index (χ4n) is 3.09. The third-order valence-corrected chi connectivity index (χ3v) is 7.21. The fourth-order valence-corrected chi connectivity index (χ4v) is 5.52. The molecule has 1 aromatic heterocycles. The average Bonchev–Trinajstić information content (AvgIpc) is 3.19. The summed E-state index contributed by atoms with van der Waals surface area (Å²) < 4.78 is 36.7. The number of methoxy groups -OCH3 is 1. The van der Waals surface area contributed by atoms with Gasteiger partial charge in [-0.1, -0.05) is 11.6 Å². The SMILES string of the molecule is COc1cc(Cl)ccc1N1CCOc2cc(S(=O)(=O)Cc3nccs3)ccc21. The van der Waals surface area contributed by atoms with Gasteiger partial charge in [-0.2, -0.15) is 0 Å². The zero-order chi connectivity index (χ0) is 19.7. The molecule has 1 aliphatic heterocycles. The molecule has 0 saturated carbocycles. The molecule has 28 heavy (non-hydrogen) atoms. The van der Waals surface area contributed by atoms with Crippen LogP contribution in [0.1, 0.15) is 5.01 Å². The summed E-state index contributed by atoms with van der Waals surface area (Å²) in [6, 6.07) is 10.4. The zero-order valence-corrected chi connectivity index (χ0v) is 17.4. The van der Waals surface area contributed by atoms with E-state index >= 15 is 0 Å². The lowest BCUT2D eigenvalue weighted by molar-refractivity contribution is 0.312. The molecule has 0 aliphatic carbocycles. The summed E-state index contributed by atoms with van der Waals surface area (Å²) in [7, 11) is -1.92. The molecule has 0 unspecified atom stereocenters. The number of benzene rings is 2. The van der Waals surface area contributed by atoms with Crippen molar-refractivity contribution in [3.8, 4) is 11.5 Å². The molecule has 9 heteroatoms. The van der Waals surface area contributed by atoms with Gasteiger partial charge in [0.25, 0.3) is 0 Å². The van der Waals surface area contributed by atoms with Crippen LogP contribution in [-0.4, -0.2) is 33.7 Å². The van der Waals surface area contributed by atoms with E-state index in [0.717, 1.165) is 11.4 Å². The van der Waals surface area contributed by atoms with Crippen LogP contribution in [0.4, 0.5) is 11.4 Å². The van der Waals surface area contributed by atoms with Crippen LogP contribution in [-0.2, 0) is 15.6 Å². The van der Waals surface area contributed by atoms with Gasteiger partial charge >= 0.3 is 0 Å². The lowest BCUT2D eigenvalue weighted by Gasteiger charge is -2.32. The first kappa shape index (κ1) is 19.0. The monoisotopic (exact) mass is 436 g/mol. The summed E-state index contributed by atoms with van der Waals surface area (Å²) in [5, 5.41) is 2.90. The molecule has 0 saturated heterocycles. The van der Waals surface area contributed by atoms with Crippen LogP contribution in [0.5, 0.6) is 11.5 Å². The van der Waals surface area contributed by atoms with E-state index in [1.54, 1.807) is 49.0 Å². The molecule has 0 bridgehead atoms. The van der Waals surface area contributed by atoms with E-state index < -0.39 is 9.84 Å². The normalized spacial score (nSPS) is 13.7. The summed E-state index contributed by atoms with van der Waals surface area (Å²) in [5.74, 6) is 1.03. The second-order valence-corrected chi connectivity index (χ2v) is 9.54. The van der Waals surface area contributed by atoms with Crippen LogP contribution >= 0.6 is 22.9 Å². The van der Waals surface area contributed by atoms with E-state index in [1.165, 1.54) is 11.3 Å². The van der Waals surface area contributed by atoms with E-state index in [9.17, 15) is 8.42 Å². The van der Waals surface area contributed by atoms with Crippen LogP contribution in [0, 0.1) is 0 Å². The smallest absolute Gasteiger partial charge is 0.185 e. The Morgan fingerprint density at radius 3 is 2.82 bits per heavy atom. The highest BCUT2D eigenvalue weighted by atomic mass is 35.5. The minimum absolute atomic E-state index is 0.127. The predicted molar refractivity (Wildman–Crippen MR) is 110 cm³/mol. The van der Waals surface area contributed by atoms with E-state index in [1.807, 2.05) is 11.0 Å². The molecule has 0 spiro atoms. The van der Waals surface area contributed by atoms with Crippen LogP contribution in [0.2, 0.25) is 5.02 Å². The molecule has 2 aromatic carbocycles. The largest absolute Gasteiger partial charge is 0.495 e. The van der Waals surface area contributed by atoms with Crippen molar-refractivity contribution < 1.29 is 17.9 Å². The Morgan fingerprint density at radius 2 is 2.07 bits per heavy atom. The first-order valence-corrected chi connectivity index (χ1v) is 11.4. The van der Waals surface area contributed by atoms with Crippen molar-refractivity contribution in [3.63, 3.8) is 0 Å². The highest BCUT2D eigenvalue weighted by Gasteiger charge is 2.25. The summed E-state index contributed by atoms with van der Waals surface area (Å²) >= 11 is 7.39. The molecule has 3 aromatic rings. The Bertz CT molecular complexity index is 1100. The number of sulfone groups is 1. The number of anilines is 2. The molecule has 0 N–H and O–H groups in total. The molecule has 0 amide bonds. The first-order chi connectivity index (χ1) is 13.5. The maximum absolute atomic E-state index is 12.7.